The molecule has 1 heterocycles. The molecule has 2 N–H and O–H groups in total. The summed E-state index contributed by atoms with van der Waals surface area (Å²) in [4.78, 5) is 12.4. The Hall–Kier alpha value is -1.49. The Morgan fingerprint density at radius 3 is 2.48 bits per heavy atom. The van der Waals surface area contributed by atoms with Crippen molar-refractivity contribution < 1.29 is 9.90 Å². The second-order valence-electron chi connectivity index (χ2n) is 6.48. The highest BCUT2D eigenvalue weighted by molar-refractivity contribution is 5.92. The van der Waals surface area contributed by atoms with Gasteiger partial charge in [-0.15, -0.1) is 5.10 Å². The van der Waals surface area contributed by atoms with Crippen LogP contribution in [-0.2, 0) is 0 Å². The fourth-order valence-corrected chi connectivity index (χ4v) is 3.41. The van der Waals surface area contributed by atoms with Crippen molar-refractivity contribution in [3.8, 4) is 0 Å². The Bertz CT molecular complexity index is 479. The first-order valence-electron chi connectivity index (χ1n) is 7.70. The van der Waals surface area contributed by atoms with Gasteiger partial charge in [-0.2, -0.15) is 5.10 Å². The van der Waals surface area contributed by atoms with Crippen LogP contribution in [0, 0.1) is 18.3 Å². The van der Waals surface area contributed by atoms with Gasteiger partial charge in [-0.3, -0.25) is 4.79 Å². The summed E-state index contributed by atoms with van der Waals surface area (Å²) in [6.07, 6.45) is 4.16. The number of carbonyl (C=O) groups is 1. The summed E-state index contributed by atoms with van der Waals surface area (Å²) in [5, 5.41) is 20.8. The molecule has 0 aliphatic heterocycles. The molecule has 0 aromatic carbocycles. The molecule has 1 amide bonds. The Morgan fingerprint density at radius 1 is 1.33 bits per heavy atom. The van der Waals surface area contributed by atoms with Gasteiger partial charge in [0.1, 0.15) is 0 Å². The zero-order valence-corrected chi connectivity index (χ0v) is 13.1. The van der Waals surface area contributed by atoms with Gasteiger partial charge in [-0.05, 0) is 37.8 Å². The van der Waals surface area contributed by atoms with Crippen LogP contribution in [-0.4, -0.2) is 33.9 Å². The summed E-state index contributed by atoms with van der Waals surface area (Å²) in [7, 11) is 0. The van der Waals surface area contributed by atoms with Crippen molar-refractivity contribution in [2.45, 2.75) is 52.5 Å². The topological polar surface area (TPSA) is 75.1 Å². The predicted octanol–water partition coefficient (Wildman–Crippen LogP) is 2.09. The third-order valence-corrected chi connectivity index (χ3v) is 4.56. The normalized spacial score (nSPS) is 18.7. The minimum atomic E-state index is -0.207. The van der Waals surface area contributed by atoms with E-state index in [0.29, 0.717) is 5.69 Å². The molecular formula is C16H25N3O2. The number of aliphatic hydroxyl groups excluding tert-OH is 1. The van der Waals surface area contributed by atoms with Gasteiger partial charge < -0.3 is 10.4 Å². The number of nitrogens with one attached hydrogen (secondary N) is 1. The van der Waals surface area contributed by atoms with Crippen molar-refractivity contribution >= 4 is 5.91 Å². The number of amides is 1. The molecule has 0 bridgehead atoms. The second-order valence-corrected chi connectivity index (χ2v) is 6.48. The fraction of sp³-hybridized carbons (Fsp3) is 0.688. The van der Waals surface area contributed by atoms with Crippen molar-refractivity contribution in [1.29, 1.82) is 0 Å². The number of hydrogen-bond donors (Lipinski definition) is 2. The maximum absolute atomic E-state index is 12.4. The maximum Gasteiger partial charge on any atom is 0.272 e. The lowest BCUT2D eigenvalue weighted by Crippen LogP contribution is -2.51. The molecule has 0 radical (unpaired) electrons. The van der Waals surface area contributed by atoms with Crippen LogP contribution in [0.3, 0.4) is 0 Å². The second kappa shape index (κ2) is 6.52. The van der Waals surface area contributed by atoms with Crippen molar-refractivity contribution in [2.24, 2.45) is 11.3 Å². The minimum Gasteiger partial charge on any atom is -0.396 e. The number of carbonyl (C=O) groups excluding carboxylic acids is 1. The van der Waals surface area contributed by atoms with Gasteiger partial charge in [0.25, 0.3) is 5.91 Å². The van der Waals surface area contributed by atoms with Crippen LogP contribution in [0.4, 0.5) is 0 Å². The van der Waals surface area contributed by atoms with Crippen LogP contribution in [0.25, 0.3) is 0 Å². The molecule has 21 heavy (non-hydrogen) atoms. The molecule has 1 aromatic rings. The highest BCUT2D eigenvalue weighted by atomic mass is 16.3. The molecule has 5 heteroatoms. The smallest absolute Gasteiger partial charge is 0.272 e. The van der Waals surface area contributed by atoms with Gasteiger partial charge in [0.15, 0.2) is 5.69 Å². The number of hydrogen-bond acceptors (Lipinski definition) is 4. The van der Waals surface area contributed by atoms with Crippen molar-refractivity contribution in [3.05, 3.63) is 23.5 Å². The molecule has 0 spiro atoms. The van der Waals surface area contributed by atoms with Gasteiger partial charge in [0, 0.05) is 11.5 Å². The largest absolute Gasteiger partial charge is 0.396 e. The van der Waals surface area contributed by atoms with E-state index in [1.807, 2.05) is 6.92 Å². The maximum atomic E-state index is 12.4. The van der Waals surface area contributed by atoms with Crippen LogP contribution in [0.2, 0.25) is 0 Å². The molecule has 1 aliphatic rings. The molecular weight excluding hydrogens is 266 g/mol. The molecule has 1 aliphatic carbocycles. The van der Waals surface area contributed by atoms with E-state index in [2.05, 4.69) is 29.4 Å². The lowest BCUT2D eigenvalue weighted by Gasteiger charge is -2.39. The van der Waals surface area contributed by atoms with E-state index in [1.54, 1.807) is 12.1 Å². The van der Waals surface area contributed by atoms with Crippen molar-refractivity contribution in [3.63, 3.8) is 0 Å². The summed E-state index contributed by atoms with van der Waals surface area (Å²) in [6.45, 7) is 6.13. The molecule has 5 nitrogen and oxygen atoms in total. The molecule has 116 valence electrons. The standard InChI is InChI=1S/C16H25N3O2/c1-11(2)14(16(10-20)8-4-5-9-16)17-15(21)13-7-6-12(3)18-19-13/h6-7,11,14,20H,4-5,8-10H2,1-3H3,(H,17,21). The molecule has 1 unspecified atom stereocenters. The number of aliphatic hydroxyl groups is 1. The van der Waals surface area contributed by atoms with E-state index < -0.39 is 0 Å². The van der Waals surface area contributed by atoms with Crippen LogP contribution >= 0.6 is 0 Å². The van der Waals surface area contributed by atoms with Crippen LogP contribution in [0.15, 0.2) is 12.1 Å². The van der Waals surface area contributed by atoms with E-state index in [9.17, 15) is 9.90 Å². The number of rotatable bonds is 5. The van der Waals surface area contributed by atoms with E-state index in [-0.39, 0.29) is 29.9 Å². The Labute approximate surface area is 126 Å². The quantitative estimate of drug-likeness (QED) is 0.871. The van der Waals surface area contributed by atoms with E-state index in [4.69, 9.17) is 0 Å². The first kappa shape index (κ1) is 15.9. The van der Waals surface area contributed by atoms with Gasteiger partial charge in [-0.25, -0.2) is 0 Å². The minimum absolute atomic E-state index is 0.0411. The highest BCUT2D eigenvalue weighted by Gasteiger charge is 2.43. The summed E-state index contributed by atoms with van der Waals surface area (Å²) in [5.74, 6) is 0.0542. The zero-order valence-electron chi connectivity index (χ0n) is 13.1. The predicted molar refractivity (Wildman–Crippen MR) is 80.8 cm³/mol. The molecule has 1 fully saturated rings. The highest BCUT2D eigenvalue weighted by Crippen LogP contribution is 2.43. The molecule has 1 aromatic heterocycles. The Kier molecular flexibility index (Phi) is 4.93. The fourth-order valence-electron chi connectivity index (χ4n) is 3.41. The summed E-state index contributed by atoms with van der Waals surface area (Å²) in [5.41, 5.74) is 0.925. The lowest BCUT2D eigenvalue weighted by molar-refractivity contribution is 0.0565. The van der Waals surface area contributed by atoms with Crippen molar-refractivity contribution in [1.82, 2.24) is 15.5 Å². The third-order valence-electron chi connectivity index (χ3n) is 4.56. The molecule has 0 saturated heterocycles. The van der Waals surface area contributed by atoms with Crippen LogP contribution in [0.1, 0.15) is 55.7 Å². The Balaban J connectivity index is 2.16. The number of aryl methyl sites for hydroxylation is 1. The van der Waals surface area contributed by atoms with Gasteiger partial charge in [-0.1, -0.05) is 26.7 Å². The SMILES string of the molecule is Cc1ccc(C(=O)NC(C(C)C)C2(CO)CCCC2)nn1. The summed E-state index contributed by atoms with van der Waals surface area (Å²) >= 11 is 0. The third kappa shape index (κ3) is 3.40. The number of aromatic nitrogens is 2. The summed E-state index contributed by atoms with van der Waals surface area (Å²) < 4.78 is 0. The average Bonchev–Trinajstić information content (AvgIpc) is 2.94. The van der Waals surface area contributed by atoms with Crippen LogP contribution in [0.5, 0.6) is 0 Å². The molecule has 1 atom stereocenters. The monoisotopic (exact) mass is 291 g/mol. The van der Waals surface area contributed by atoms with E-state index in [0.717, 1.165) is 31.4 Å². The lowest BCUT2D eigenvalue weighted by atomic mass is 9.74. The first-order chi connectivity index (χ1) is 9.98. The zero-order chi connectivity index (χ0) is 15.5. The van der Waals surface area contributed by atoms with Gasteiger partial charge >= 0.3 is 0 Å². The first-order valence-corrected chi connectivity index (χ1v) is 7.70. The summed E-state index contributed by atoms with van der Waals surface area (Å²) in [6, 6.07) is 3.43. The average molecular weight is 291 g/mol. The Morgan fingerprint density at radius 2 is 2.00 bits per heavy atom. The number of nitrogens with zero attached hydrogens (tertiary/aromatic N) is 2. The van der Waals surface area contributed by atoms with Gasteiger partial charge in [0.2, 0.25) is 0 Å². The van der Waals surface area contributed by atoms with Crippen LogP contribution < -0.4 is 5.32 Å². The van der Waals surface area contributed by atoms with Gasteiger partial charge in [0.05, 0.1) is 12.3 Å². The molecule has 1 saturated carbocycles. The van der Waals surface area contributed by atoms with E-state index in [1.165, 1.54) is 0 Å². The van der Waals surface area contributed by atoms with E-state index >= 15 is 0 Å². The molecule has 2 rings (SSSR count). The van der Waals surface area contributed by atoms with Crippen molar-refractivity contribution in [2.75, 3.05) is 6.61 Å².